The number of aromatic nitrogens is 4. The van der Waals surface area contributed by atoms with Crippen molar-refractivity contribution in [1.82, 2.24) is 24.4 Å². The fraction of sp³-hybridized carbons (Fsp3) is 0.357. The van der Waals surface area contributed by atoms with Crippen LogP contribution in [0.1, 0.15) is 48.2 Å². The number of amides is 1. The van der Waals surface area contributed by atoms with E-state index >= 15 is 0 Å². The number of carbonyl (C=O) groups excluding carboxylic acids is 1. The summed E-state index contributed by atoms with van der Waals surface area (Å²) in [6, 6.07) is 12.0. The van der Waals surface area contributed by atoms with Gasteiger partial charge in [-0.2, -0.15) is 0 Å². The van der Waals surface area contributed by atoms with E-state index in [0.717, 1.165) is 30.1 Å². The highest BCUT2D eigenvalue weighted by Gasteiger charge is 2.27. The second-order valence-corrected chi connectivity index (χ2v) is 10.2. The zero-order chi connectivity index (χ0) is 28.2. The number of hydrogen-bond donors (Lipinski definition) is 2. The molecule has 12 heteroatoms. The first-order chi connectivity index (χ1) is 19.4. The van der Waals surface area contributed by atoms with E-state index < -0.39 is 18.0 Å². The van der Waals surface area contributed by atoms with E-state index in [0.29, 0.717) is 31.0 Å². The molecular weight excluding hydrogens is 544 g/mol. The monoisotopic (exact) mass is 571 g/mol. The third-order valence-electron chi connectivity index (χ3n) is 7.11. The van der Waals surface area contributed by atoms with Crippen LogP contribution in [0.25, 0.3) is 16.7 Å². The molecule has 3 heterocycles. The molecule has 0 atom stereocenters. The molecule has 1 amide bonds. The van der Waals surface area contributed by atoms with Crippen molar-refractivity contribution >= 4 is 28.5 Å². The van der Waals surface area contributed by atoms with Gasteiger partial charge >= 0.3 is 5.69 Å². The summed E-state index contributed by atoms with van der Waals surface area (Å²) >= 11 is 5.89. The van der Waals surface area contributed by atoms with Crippen LogP contribution in [0.2, 0.25) is 5.02 Å². The second-order valence-electron chi connectivity index (χ2n) is 9.72. The minimum absolute atomic E-state index is 0.115. The third-order valence-corrected chi connectivity index (χ3v) is 7.32. The fourth-order valence-electron chi connectivity index (χ4n) is 5.19. The molecule has 1 aliphatic carbocycles. The van der Waals surface area contributed by atoms with Crippen molar-refractivity contribution in [2.45, 2.75) is 44.7 Å². The number of pyridine rings is 2. The van der Waals surface area contributed by atoms with Gasteiger partial charge in [-0.05, 0) is 55.9 Å². The highest BCUT2D eigenvalue weighted by molar-refractivity contribution is 6.30. The number of aliphatic hydroxyl groups excluding tert-OH is 1. The van der Waals surface area contributed by atoms with E-state index in [4.69, 9.17) is 21.4 Å². The number of ether oxygens (including phenoxy) is 1. The van der Waals surface area contributed by atoms with E-state index in [-0.39, 0.29) is 41.4 Å². The predicted molar refractivity (Wildman–Crippen MR) is 145 cm³/mol. The molecule has 1 fully saturated rings. The van der Waals surface area contributed by atoms with Gasteiger partial charge in [-0.15, -0.1) is 0 Å². The summed E-state index contributed by atoms with van der Waals surface area (Å²) in [5, 5.41) is 11.9. The number of nitrogens with zero attached hydrogens (tertiary/aromatic N) is 4. The molecule has 5 rings (SSSR count). The van der Waals surface area contributed by atoms with Gasteiger partial charge < -0.3 is 15.2 Å². The number of rotatable bonds is 9. The molecule has 1 aliphatic rings. The maximum Gasteiger partial charge on any atom is 0.333 e. The normalized spacial score (nSPS) is 17.3. The average Bonchev–Trinajstić information content (AvgIpc) is 3.23. The first kappa shape index (κ1) is 27.7. The lowest BCUT2D eigenvalue weighted by atomic mass is 9.85. The van der Waals surface area contributed by atoms with Crippen molar-refractivity contribution in [3.05, 3.63) is 81.6 Å². The van der Waals surface area contributed by atoms with Crippen molar-refractivity contribution < 1.29 is 23.4 Å². The molecule has 4 aromatic rings. The maximum atomic E-state index is 13.6. The van der Waals surface area contributed by atoms with Crippen molar-refractivity contribution in [2.24, 2.45) is 5.92 Å². The Kier molecular flexibility index (Phi) is 8.41. The molecule has 0 spiro atoms. The Labute approximate surface area is 233 Å². The molecule has 40 heavy (non-hydrogen) atoms. The van der Waals surface area contributed by atoms with Crippen LogP contribution in [0.5, 0.6) is 5.88 Å². The molecule has 0 radical (unpaired) electrons. The Balaban J connectivity index is 1.28. The summed E-state index contributed by atoms with van der Waals surface area (Å²) in [5.41, 5.74) is 1.16. The number of carbonyl (C=O) groups is 1. The summed E-state index contributed by atoms with van der Waals surface area (Å²) in [5.74, 6) is -0.0631. The summed E-state index contributed by atoms with van der Waals surface area (Å²) in [7, 11) is 0. The number of hydrogen-bond acceptors (Lipinski definition) is 6. The molecule has 1 saturated carbocycles. The van der Waals surface area contributed by atoms with Crippen LogP contribution in [0.3, 0.4) is 0 Å². The predicted octanol–water partition coefficient (Wildman–Crippen LogP) is 4.53. The van der Waals surface area contributed by atoms with Crippen molar-refractivity contribution in [3.8, 4) is 11.6 Å². The number of halogens is 3. The molecule has 0 aliphatic heterocycles. The van der Waals surface area contributed by atoms with E-state index in [1.165, 1.54) is 6.07 Å². The van der Waals surface area contributed by atoms with Crippen LogP contribution in [-0.2, 0) is 6.54 Å². The molecule has 0 unspecified atom stereocenters. The minimum Gasteiger partial charge on any atom is -0.475 e. The number of imidazole rings is 1. The summed E-state index contributed by atoms with van der Waals surface area (Å²) in [4.78, 5) is 34.2. The van der Waals surface area contributed by atoms with Crippen molar-refractivity contribution in [3.63, 3.8) is 0 Å². The maximum absolute atomic E-state index is 13.6. The smallest absolute Gasteiger partial charge is 0.333 e. The molecule has 3 aromatic heterocycles. The largest absolute Gasteiger partial charge is 0.475 e. The minimum atomic E-state index is -2.89. The van der Waals surface area contributed by atoms with Crippen LogP contribution >= 0.6 is 11.6 Å². The second kappa shape index (κ2) is 12.1. The van der Waals surface area contributed by atoms with Gasteiger partial charge in [0.15, 0.2) is 0 Å². The number of fused-ring (bicyclic) bond motifs is 1. The first-order valence-electron chi connectivity index (χ1n) is 13.0. The topological polar surface area (TPSA) is 111 Å². The number of benzene rings is 1. The Bertz CT molecular complexity index is 1550. The number of nitrogens with one attached hydrogen (secondary N) is 1. The molecule has 9 nitrogen and oxygen atoms in total. The van der Waals surface area contributed by atoms with Gasteiger partial charge in [-0.1, -0.05) is 23.7 Å². The van der Waals surface area contributed by atoms with Crippen LogP contribution in [0.15, 0.2) is 59.7 Å². The lowest BCUT2D eigenvalue weighted by Crippen LogP contribution is -2.39. The van der Waals surface area contributed by atoms with E-state index in [1.54, 1.807) is 27.5 Å². The zero-order valence-corrected chi connectivity index (χ0v) is 22.2. The van der Waals surface area contributed by atoms with Gasteiger partial charge in [0.05, 0.1) is 40.1 Å². The van der Waals surface area contributed by atoms with Crippen molar-refractivity contribution in [1.29, 1.82) is 0 Å². The Hall–Kier alpha value is -3.83. The lowest BCUT2D eigenvalue weighted by Gasteiger charge is -2.29. The lowest BCUT2D eigenvalue weighted by molar-refractivity contribution is 0.0904. The van der Waals surface area contributed by atoms with Gasteiger partial charge in [0.2, 0.25) is 5.88 Å². The summed E-state index contributed by atoms with van der Waals surface area (Å²) in [6.45, 7) is 0.516. The SMILES string of the molecule is O=C(NC1CCC(Cn2c(=O)n(-c3ccc(OCCO)nc3)c3ccccc32)CC1)c1cc(Cl)cnc1C(F)F. The molecule has 2 N–H and O–H groups in total. The standard InChI is InChI=1S/C28H28ClF2N5O4/c29-18-13-21(25(26(30)31)33-14-18)27(38)34-19-7-5-17(6-8-19)16-35-22-3-1-2-4-23(22)36(28(35)39)20-9-10-24(32-15-20)40-12-11-37/h1-4,9-10,13-15,17,19,26,37H,5-8,11-12,16H2,(H,34,38). The van der Waals surface area contributed by atoms with Gasteiger partial charge in [0, 0.05) is 24.8 Å². The Morgan fingerprint density at radius 3 is 2.52 bits per heavy atom. The van der Waals surface area contributed by atoms with Gasteiger partial charge in [0.25, 0.3) is 12.3 Å². The summed E-state index contributed by atoms with van der Waals surface area (Å²) in [6.07, 6.45) is 2.59. The molecule has 1 aromatic carbocycles. The average molecular weight is 572 g/mol. The van der Waals surface area contributed by atoms with Crippen LogP contribution in [-0.4, -0.2) is 49.4 Å². The number of alkyl halides is 2. The first-order valence-corrected chi connectivity index (χ1v) is 13.4. The Morgan fingerprint density at radius 2 is 1.85 bits per heavy atom. The van der Waals surface area contributed by atoms with Crippen molar-refractivity contribution in [2.75, 3.05) is 13.2 Å². The van der Waals surface area contributed by atoms with Gasteiger partial charge in [-0.25, -0.2) is 18.6 Å². The van der Waals surface area contributed by atoms with Gasteiger partial charge in [0.1, 0.15) is 12.3 Å². The summed E-state index contributed by atoms with van der Waals surface area (Å²) < 4.78 is 35.4. The highest BCUT2D eigenvalue weighted by atomic mass is 35.5. The quantitative estimate of drug-likeness (QED) is 0.305. The van der Waals surface area contributed by atoms with Gasteiger partial charge in [-0.3, -0.25) is 18.9 Å². The number of aliphatic hydroxyl groups is 1. The van der Waals surface area contributed by atoms with E-state index in [2.05, 4.69) is 15.3 Å². The van der Waals surface area contributed by atoms with E-state index in [1.807, 2.05) is 24.3 Å². The zero-order valence-electron chi connectivity index (χ0n) is 21.5. The Morgan fingerprint density at radius 1 is 1.10 bits per heavy atom. The van der Waals surface area contributed by atoms with E-state index in [9.17, 15) is 18.4 Å². The molecule has 0 bridgehead atoms. The molecule has 0 saturated heterocycles. The van der Waals surface area contributed by atoms with Crippen LogP contribution in [0.4, 0.5) is 8.78 Å². The van der Waals surface area contributed by atoms with Crippen LogP contribution in [0, 0.1) is 5.92 Å². The highest BCUT2D eigenvalue weighted by Crippen LogP contribution is 2.29. The molecule has 210 valence electrons. The third kappa shape index (κ3) is 5.85. The van der Waals surface area contributed by atoms with Crippen LogP contribution < -0.4 is 15.7 Å². The number of para-hydroxylation sites is 2. The molecular formula is C28H28ClF2N5O4. The fourth-order valence-corrected chi connectivity index (χ4v) is 5.35.